The van der Waals surface area contributed by atoms with Gasteiger partial charge in [-0.3, -0.25) is 14.6 Å². The zero-order chi connectivity index (χ0) is 43.4. The van der Waals surface area contributed by atoms with Crippen LogP contribution in [-0.4, -0.2) is 67.2 Å². The number of methoxy groups -OCH3 is 4. The summed E-state index contributed by atoms with van der Waals surface area (Å²) in [6, 6.07) is 17.9. The van der Waals surface area contributed by atoms with Gasteiger partial charge >= 0.3 is 0 Å². The Morgan fingerprint density at radius 3 is 1.69 bits per heavy atom. The molecule has 15 heteroatoms. The summed E-state index contributed by atoms with van der Waals surface area (Å²) in [5.41, 5.74) is 3.77. The van der Waals surface area contributed by atoms with Crippen molar-refractivity contribution in [3.8, 4) is 57.3 Å². The van der Waals surface area contributed by atoms with Crippen LogP contribution in [0, 0.1) is 17.0 Å². The standard InChI is InChI=1S/C23H23ClN2O5.C23H23ClN2O4/c1-13(14-6-7-16(27)9-14)31-23-17-5-4-8-26(28)20(17)12-19(25-23)15-10-18(24)22(30-3)21(11-15)29-2;1-13(14-6-7-16(27)9-14)30-23-17-5-4-8-25-20(17)12-19(26-23)15-10-18(24)22(29-3)21(11-15)28-2/h4-5,8,10-14H,6-7,9H2,1-3H3;4-5,8,10-14H,6-7,9H2,1-3H3/t2*13-,14+/m11/s1. The maximum Gasteiger partial charge on any atom is 0.231 e. The molecule has 2 aliphatic rings. The molecule has 2 aromatic carbocycles. The number of fused-ring (bicyclic) bond motifs is 2. The van der Waals surface area contributed by atoms with Crippen LogP contribution >= 0.6 is 23.2 Å². The van der Waals surface area contributed by atoms with Gasteiger partial charge in [0, 0.05) is 67.0 Å². The molecule has 2 saturated carbocycles. The molecular formula is C46H46Cl2N4O9. The van der Waals surface area contributed by atoms with Gasteiger partial charge in [0.2, 0.25) is 17.3 Å². The molecule has 0 N–H and O–H groups in total. The molecule has 2 fully saturated rings. The minimum Gasteiger partial charge on any atom is -0.618 e. The fourth-order valence-corrected chi connectivity index (χ4v) is 8.41. The van der Waals surface area contributed by atoms with Crippen LogP contribution in [0.25, 0.3) is 44.3 Å². The minimum absolute atomic E-state index is 0.128. The van der Waals surface area contributed by atoms with Crippen LogP contribution < -0.4 is 33.2 Å². The van der Waals surface area contributed by atoms with E-state index in [2.05, 4.69) is 4.98 Å². The number of rotatable bonds is 12. The van der Waals surface area contributed by atoms with Gasteiger partial charge in [-0.15, -0.1) is 0 Å². The average molecular weight is 870 g/mol. The van der Waals surface area contributed by atoms with Gasteiger partial charge in [0.05, 0.1) is 60.8 Å². The molecule has 6 aromatic rings. The second kappa shape index (κ2) is 18.8. The van der Waals surface area contributed by atoms with E-state index in [4.69, 9.17) is 61.6 Å². The van der Waals surface area contributed by atoms with E-state index in [-0.39, 0.29) is 29.8 Å². The van der Waals surface area contributed by atoms with Gasteiger partial charge in [-0.2, -0.15) is 4.73 Å². The molecule has 0 unspecified atom stereocenters. The van der Waals surface area contributed by atoms with Crippen LogP contribution in [0.1, 0.15) is 52.4 Å². The molecule has 318 valence electrons. The normalized spacial score (nSPS) is 17.1. The van der Waals surface area contributed by atoms with Gasteiger partial charge in [-0.05, 0) is 75.2 Å². The second-order valence-corrected chi connectivity index (χ2v) is 15.9. The Bertz CT molecular complexity index is 2610. The topological polar surface area (TPSA) is 155 Å². The average Bonchev–Trinajstić information content (AvgIpc) is 3.91. The summed E-state index contributed by atoms with van der Waals surface area (Å²) in [7, 11) is 6.14. The van der Waals surface area contributed by atoms with Crippen molar-refractivity contribution in [2.45, 2.75) is 64.6 Å². The fraction of sp³-hybridized carbons (Fsp3) is 0.348. The van der Waals surface area contributed by atoms with E-state index in [1.54, 1.807) is 56.8 Å². The van der Waals surface area contributed by atoms with Gasteiger partial charge in [-0.1, -0.05) is 23.2 Å². The van der Waals surface area contributed by atoms with Crippen molar-refractivity contribution in [2.24, 2.45) is 11.8 Å². The third kappa shape index (κ3) is 9.38. The van der Waals surface area contributed by atoms with E-state index >= 15 is 0 Å². The smallest absolute Gasteiger partial charge is 0.231 e. The Kier molecular flexibility index (Phi) is 13.3. The predicted molar refractivity (Wildman–Crippen MR) is 232 cm³/mol. The van der Waals surface area contributed by atoms with E-state index in [1.165, 1.54) is 20.4 Å². The number of carbonyl (C=O) groups excluding carboxylic acids is 2. The maximum atomic E-state index is 12.5. The highest BCUT2D eigenvalue weighted by atomic mass is 35.5. The predicted octanol–water partition coefficient (Wildman–Crippen LogP) is 9.45. The molecule has 0 radical (unpaired) electrons. The molecule has 0 aliphatic heterocycles. The fourth-order valence-electron chi connectivity index (χ4n) is 7.84. The number of pyridine rings is 4. The number of ether oxygens (including phenoxy) is 6. The molecule has 4 heterocycles. The summed E-state index contributed by atoms with van der Waals surface area (Å²) < 4.78 is 34.7. The van der Waals surface area contributed by atoms with Gasteiger partial charge in [0.25, 0.3) is 0 Å². The SMILES string of the molecule is COc1cc(-c2cc3c(ccc[n+]3[O-])c(O[C@H](C)[C@H]3CCC(=O)C3)n2)cc(Cl)c1OC.COc1cc(-c2cc3ncccc3c(O[C@H](C)[C@H]3CCC(=O)C3)n2)cc(Cl)c1OC. The maximum absolute atomic E-state index is 12.5. The van der Waals surface area contributed by atoms with Crippen LogP contribution in [0.2, 0.25) is 10.0 Å². The van der Waals surface area contributed by atoms with Crippen molar-refractivity contribution in [3.05, 3.63) is 88.3 Å². The Balaban J connectivity index is 0.000000184. The summed E-state index contributed by atoms with van der Waals surface area (Å²) in [5.74, 6) is 3.58. The number of benzene rings is 2. The number of hydrogen-bond acceptors (Lipinski definition) is 12. The van der Waals surface area contributed by atoms with Gasteiger partial charge < -0.3 is 33.6 Å². The van der Waals surface area contributed by atoms with Crippen LogP contribution in [0.4, 0.5) is 0 Å². The first-order chi connectivity index (χ1) is 29.4. The summed E-state index contributed by atoms with van der Waals surface area (Å²) >= 11 is 12.8. The van der Waals surface area contributed by atoms with E-state index in [0.717, 1.165) is 34.0 Å². The molecule has 0 saturated heterocycles. The van der Waals surface area contributed by atoms with Gasteiger partial charge in [-0.25, -0.2) is 9.97 Å². The van der Waals surface area contributed by atoms with Crippen molar-refractivity contribution >= 4 is 56.6 Å². The summed E-state index contributed by atoms with van der Waals surface area (Å²) in [4.78, 5) is 37.3. The number of carbonyl (C=O) groups is 2. The molecule has 13 nitrogen and oxygen atoms in total. The Morgan fingerprint density at radius 2 is 1.20 bits per heavy atom. The number of ketones is 2. The van der Waals surface area contributed by atoms with E-state index in [9.17, 15) is 14.8 Å². The first-order valence-corrected chi connectivity index (χ1v) is 20.7. The zero-order valence-corrected chi connectivity index (χ0v) is 36.2. The first kappa shape index (κ1) is 43.2. The zero-order valence-electron chi connectivity index (χ0n) is 34.7. The first-order valence-electron chi connectivity index (χ1n) is 19.9. The number of hydrogen-bond donors (Lipinski definition) is 0. The third-order valence-electron chi connectivity index (χ3n) is 11.2. The van der Waals surface area contributed by atoms with E-state index < -0.39 is 0 Å². The largest absolute Gasteiger partial charge is 0.618 e. The molecule has 4 aromatic heterocycles. The van der Waals surface area contributed by atoms with Crippen LogP contribution in [0.15, 0.2) is 73.1 Å². The molecular weight excluding hydrogens is 823 g/mol. The third-order valence-corrected chi connectivity index (χ3v) is 11.8. The molecule has 0 spiro atoms. The highest BCUT2D eigenvalue weighted by Gasteiger charge is 2.31. The number of halogens is 2. The number of aromatic nitrogens is 4. The lowest BCUT2D eigenvalue weighted by Crippen LogP contribution is -2.27. The summed E-state index contributed by atoms with van der Waals surface area (Å²) in [5, 5.41) is 14.7. The van der Waals surface area contributed by atoms with Crippen molar-refractivity contribution in [3.63, 3.8) is 0 Å². The number of Topliss-reactive ketones (excluding diaryl/α,β-unsaturated/α-hetero) is 2. The Morgan fingerprint density at radius 1 is 0.689 bits per heavy atom. The molecule has 2 aliphatic carbocycles. The molecule has 0 bridgehead atoms. The quantitative estimate of drug-likeness (QED) is 0.0850. The van der Waals surface area contributed by atoms with E-state index in [1.807, 2.05) is 38.1 Å². The molecule has 61 heavy (non-hydrogen) atoms. The summed E-state index contributed by atoms with van der Waals surface area (Å²) in [6.07, 6.45) is 6.73. The molecule has 8 rings (SSSR count). The highest BCUT2D eigenvalue weighted by molar-refractivity contribution is 6.33. The van der Waals surface area contributed by atoms with Crippen molar-refractivity contribution < 1.29 is 42.7 Å². The number of nitrogens with zero attached hydrogens (tertiary/aromatic N) is 4. The van der Waals surface area contributed by atoms with Crippen LogP contribution in [0.5, 0.6) is 34.8 Å². The second-order valence-electron chi connectivity index (χ2n) is 15.1. The minimum atomic E-state index is -0.216. The lowest BCUT2D eigenvalue weighted by atomic mass is 10.0. The Labute approximate surface area is 363 Å². The lowest BCUT2D eigenvalue weighted by Gasteiger charge is -2.21. The van der Waals surface area contributed by atoms with Crippen LogP contribution in [-0.2, 0) is 9.59 Å². The Hall–Kier alpha value is -5.92. The molecule has 4 atom stereocenters. The van der Waals surface area contributed by atoms with E-state index in [0.29, 0.717) is 104 Å². The monoisotopic (exact) mass is 868 g/mol. The van der Waals surface area contributed by atoms with Gasteiger partial charge in [0.15, 0.2) is 29.2 Å². The van der Waals surface area contributed by atoms with Crippen LogP contribution in [0.3, 0.4) is 0 Å². The van der Waals surface area contributed by atoms with Gasteiger partial charge in [0.1, 0.15) is 29.2 Å². The highest BCUT2D eigenvalue weighted by Crippen LogP contribution is 2.42. The van der Waals surface area contributed by atoms with Crippen molar-refractivity contribution in [1.29, 1.82) is 0 Å². The van der Waals surface area contributed by atoms with Crippen molar-refractivity contribution in [1.82, 2.24) is 15.0 Å². The summed E-state index contributed by atoms with van der Waals surface area (Å²) in [6.45, 7) is 3.93. The lowest BCUT2D eigenvalue weighted by molar-refractivity contribution is -0.577. The van der Waals surface area contributed by atoms with Crippen molar-refractivity contribution in [2.75, 3.05) is 28.4 Å². The molecule has 0 amide bonds.